The second kappa shape index (κ2) is 6.18. The molecule has 0 aliphatic heterocycles. The van der Waals surface area contributed by atoms with Crippen molar-refractivity contribution in [1.82, 2.24) is 9.97 Å². The lowest BCUT2D eigenvalue weighted by atomic mass is 10.1. The van der Waals surface area contributed by atoms with Crippen LogP contribution >= 0.6 is 15.9 Å². The van der Waals surface area contributed by atoms with E-state index in [-0.39, 0.29) is 0 Å². The van der Waals surface area contributed by atoms with Crippen molar-refractivity contribution in [2.45, 2.75) is 46.0 Å². The second-order valence-electron chi connectivity index (χ2n) is 4.20. The lowest BCUT2D eigenvalue weighted by Crippen LogP contribution is -2.07. The minimum absolute atomic E-state index is 0.407. The Morgan fingerprint density at radius 2 is 2.00 bits per heavy atom. The van der Waals surface area contributed by atoms with Crippen molar-refractivity contribution in [2.75, 3.05) is 12.4 Å². The molecule has 1 heterocycles. The lowest BCUT2D eigenvalue weighted by Gasteiger charge is -2.13. The summed E-state index contributed by atoms with van der Waals surface area (Å²) >= 11 is 3.56. The van der Waals surface area contributed by atoms with Gasteiger partial charge in [0.1, 0.15) is 11.6 Å². The zero-order chi connectivity index (χ0) is 12.1. The van der Waals surface area contributed by atoms with Gasteiger partial charge in [-0.1, -0.05) is 27.2 Å². The summed E-state index contributed by atoms with van der Waals surface area (Å²) in [6.07, 6.45) is 3.27. The standard InChI is InChI=1S/C12H20BrN3/c1-5-6-7-9-15-11(8(2)3)10(13)12(14-4)16-9/h8H,5-7H2,1-4H3,(H,14,15,16). The Kier molecular flexibility index (Phi) is 5.19. The van der Waals surface area contributed by atoms with Crippen LogP contribution in [0.4, 0.5) is 5.82 Å². The number of nitrogens with zero attached hydrogens (tertiary/aromatic N) is 2. The first-order valence-corrected chi connectivity index (χ1v) is 6.63. The maximum atomic E-state index is 4.62. The third-order valence-electron chi connectivity index (χ3n) is 2.46. The zero-order valence-corrected chi connectivity index (χ0v) is 12.1. The van der Waals surface area contributed by atoms with Crippen LogP contribution in [0.15, 0.2) is 4.47 Å². The minimum atomic E-state index is 0.407. The summed E-state index contributed by atoms with van der Waals surface area (Å²) in [5.74, 6) is 2.24. The third kappa shape index (κ3) is 3.17. The second-order valence-corrected chi connectivity index (χ2v) is 4.99. The number of hydrogen-bond donors (Lipinski definition) is 1. The van der Waals surface area contributed by atoms with Gasteiger partial charge in [0.05, 0.1) is 10.2 Å². The van der Waals surface area contributed by atoms with Crippen molar-refractivity contribution >= 4 is 21.7 Å². The Balaban J connectivity index is 3.07. The van der Waals surface area contributed by atoms with Gasteiger partial charge in [-0.05, 0) is 28.3 Å². The Morgan fingerprint density at radius 1 is 1.31 bits per heavy atom. The molecule has 0 aromatic carbocycles. The quantitative estimate of drug-likeness (QED) is 0.895. The average molecular weight is 286 g/mol. The number of rotatable bonds is 5. The molecular formula is C12H20BrN3. The molecule has 16 heavy (non-hydrogen) atoms. The first-order valence-electron chi connectivity index (χ1n) is 5.84. The van der Waals surface area contributed by atoms with Gasteiger partial charge in [0.25, 0.3) is 0 Å². The summed E-state index contributed by atoms with van der Waals surface area (Å²) in [5.41, 5.74) is 1.09. The molecule has 0 aliphatic rings. The highest BCUT2D eigenvalue weighted by molar-refractivity contribution is 9.10. The van der Waals surface area contributed by atoms with E-state index in [9.17, 15) is 0 Å². The fourth-order valence-electron chi connectivity index (χ4n) is 1.51. The topological polar surface area (TPSA) is 37.8 Å². The minimum Gasteiger partial charge on any atom is -0.372 e. The molecule has 1 aromatic heterocycles. The summed E-state index contributed by atoms with van der Waals surface area (Å²) in [4.78, 5) is 9.12. The molecule has 0 aliphatic carbocycles. The molecule has 1 aromatic rings. The molecule has 1 N–H and O–H groups in total. The highest BCUT2D eigenvalue weighted by Gasteiger charge is 2.13. The number of anilines is 1. The van der Waals surface area contributed by atoms with E-state index in [1.807, 2.05) is 7.05 Å². The van der Waals surface area contributed by atoms with Gasteiger partial charge >= 0.3 is 0 Å². The van der Waals surface area contributed by atoms with Crippen molar-refractivity contribution in [3.05, 3.63) is 16.0 Å². The van der Waals surface area contributed by atoms with Crippen LogP contribution < -0.4 is 5.32 Å². The first kappa shape index (κ1) is 13.4. The van der Waals surface area contributed by atoms with Crippen LogP contribution in [0.25, 0.3) is 0 Å². The first-order chi connectivity index (χ1) is 7.60. The Hall–Kier alpha value is -0.640. The maximum absolute atomic E-state index is 4.62. The van der Waals surface area contributed by atoms with Crippen LogP contribution in [0.3, 0.4) is 0 Å². The van der Waals surface area contributed by atoms with Gasteiger partial charge in [-0.2, -0.15) is 0 Å². The number of nitrogens with one attached hydrogen (secondary N) is 1. The molecule has 0 spiro atoms. The van der Waals surface area contributed by atoms with E-state index in [0.717, 1.165) is 34.7 Å². The Labute approximate surface area is 106 Å². The molecule has 0 saturated carbocycles. The molecule has 3 nitrogen and oxygen atoms in total. The van der Waals surface area contributed by atoms with Crippen LogP contribution in [0.5, 0.6) is 0 Å². The monoisotopic (exact) mass is 285 g/mol. The van der Waals surface area contributed by atoms with Crippen molar-refractivity contribution < 1.29 is 0 Å². The molecule has 0 atom stereocenters. The summed E-state index contributed by atoms with van der Waals surface area (Å²) in [6.45, 7) is 6.48. The maximum Gasteiger partial charge on any atom is 0.144 e. The van der Waals surface area contributed by atoms with Gasteiger partial charge in [0, 0.05) is 13.5 Å². The van der Waals surface area contributed by atoms with Gasteiger partial charge < -0.3 is 5.32 Å². The van der Waals surface area contributed by atoms with Crippen molar-refractivity contribution in [1.29, 1.82) is 0 Å². The SMILES string of the molecule is CCCCc1nc(NC)c(Br)c(C(C)C)n1. The van der Waals surface area contributed by atoms with Gasteiger partial charge in [-0.15, -0.1) is 0 Å². The van der Waals surface area contributed by atoms with E-state index < -0.39 is 0 Å². The highest BCUT2D eigenvalue weighted by atomic mass is 79.9. The molecule has 0 saturated heterocycles. The largest absolute Gasteiger partial charge is 0.372 e. The van der Waals surface area contributed by atoms with Crippen molar-refractivity contribution in [3.63, 3.8) is 0 Å². The molecular weight excluding hydrogens is 266 g/mol. The molecule has 0 fully saturated rings. The highest BCUT2D eigenvalue weighted by Crippen LogP contribution is 2.28. The van der Waals surface area contributed by atoms with Gasteiger partial charge in [-0.3, -0.25) is 0 Å². The van der Waals surface area contributed by atoms with E-state index in [4.69, 9.17) is 0 Å². The molecule has 4 heteroatoms. The molecule has 0 amide bonds. The predicted octanol–water partition coefficient (Wildman–Crippen LogP) is 3.75. The van der Waals surface area contributed by atoms with E-state index >= 15 is 0 Å². The lowest BCUT2D eigenvalue weighted by molar-refractivity contribution is 0.724. The van der Waals surface area contributed by atoms with Gasteiger partial charge in [-0.25, -0.2) is 9.97 Å². The molecule has 0 radical (unpaired) electrons. The molecule has 0 unspecified atom stereocenters. The van der Waals surface area contributed by atoms with Gasteiger partial charge in [0.15, 0.2) is 0 Å². The van der Waals surface area contributed by atoms with Crippen LogP contribution in [0.1, 0.15) is 51.0 Å². The van der Waals surface area contributed by atoms with Crippen molar-refractivity contribution in [2.24, 2.45) is 0 Å². The number of aryl methyl sites for hydroxylation is 1. The van der Waals surface area contributed by atoms with Crippen LogP contribution in [-0.4, -0.2) is 17.0 Å². The fraction of sp³-hybridized carbons (Fsp3) is 0.667. The van der Waals surface area contributed by atoms with E-state index in [2.05, 4.69) is 52.0 Å². The number of halogens is 1. The summed E-state index contributed by atoms with van der Waals surface area (Å²) in [7, 11) is 1.89. The smallest absolute Gasteiger partial charge is 0.144 e. The molecule has 0 bridgehead atoms. The molecule has 90 valence electrons. The predicted molar refractivity (Wildman–Crippen MR) is 72.0 cm³/mol. The number of unbranched alkanes of at least 4 members (excludes halogenated alkanes) is 1. The third-order valence-corrected chi connectivity index (χ3v) is 3.24. The number of aromatic nitrogens is 2. The van der Waals surface area contributed by atoms with E-state index in [0.29, 0.717) is 5.92 Å². The van der Waals surface area contributed by atoms with Crippen LogP contribution in [0, 0.1) is 0 Å². The zero-order valence-electron chi connectivity index (χ0n) is 10.5. The summed E-state index contributed by atoms with van der Waals surface area (Å²) < 4.78 is 0.991. The molecule has 1 rings (SSSR count). The Bertz CT molecular complexity index is 350. The van der Waals surface area contributed by atoms with Gasteiger partial charge in [0.2, 0.25) is 0 Å². The van der Waals surface area contributed by atoms with E-state index in [1.165, 1.54) is 6.42 Å². The Morgan fingerprint density at radius 3 is 2.50 bits per heavy atom. The fourth-order valence-corrected chi connectivity index (χ4v) is 2.34. The average Bonchev–Trinajstić information content (AvgIpc) is 2.27. The van der Waals surface area contributed by atoms with Crippen LogP contribution in [-0.2, 0) is 6.42 Å². The summed E-state index contributed by atoms with van der Waals surface area (Å²) in [6, 6.07) is 0. The normalized spacial score (nSPS) is 10.9. The number of hydrogen-bond acceptors (Lipinski definition) is 3. The van der Waals surface area contributed by atoms with Crippen molar-refractivity contribution in [3.8, 4) is 0 Å². The van der Waals surface area contributed by atoms with Crippen LogP contribution in [0.2, 0.25) is 0 Å². The van der Waals surface area contributed by atoms with E-state index in [1.54, 1.807) is 0 Å². The summed E-state index contributed by atoms with van der Waals surface area (Å²) in [5, 5.41) is 3.11.